The van der Waals surface area contributed by atoms with Crippen LogP contribution in [0.25, 0.3) is 0 Å². The Morgan fingerprint density at radius 2 is 2.15 bits per heavy atom. The fourth-order valence-corrected chi connectivity index (χ4v) is 1.42. The molecule has 0 amide bonds. The maximum absolute atomic E-state index is 3.50. The first kappa shape index (κ1) is 10.8. The van der Waals surface area contributed by atoms with Crippen LogP contribution in [-0.2, 0) is 0 Å². The summed E-state index contributed by atoms with van der Waals surface area (Å²) in [5, 5.41) is 3.50. The Labute approximate surface area is 82.6 Å². The third-order valence-electron chi connectivity index (χ3n) is 2.45. The van der Waals surface area contributed by atoms with Crippen molar-refractivity contribution in [1.82, 2.24) is 5.32 Å². The van der Waals surface area contributed by atoms with Crippen LogP contribution in [0.2, 0.25) is 0 Å². The average Bonchev–Trinajstić information content (AvgIpc) is 2.86. The number of hydrogen-bond acceptors (Lipinski definition) is 1. The summed E-state index contributed by atoms with van der Waals surface area (Å²) in [6.45, 7) is 9.00. The van der Waals surface area contributed by atoms with Gasteiger partial charge < -0.3 is 5.32 Å². The van der Waals surface area contributed by atoms with Crippen molar-refractivity contribution in [3.63, 3.8) is 0 Å². The Morgan fingerprint density at radius 1 is 1.46 bits per heavy atom. The summed E-state index contributed by atoms with van der Waals surface area (Å²) >= 11 is 0. The normalized spacial score (nSPS) is 18.3. The summed E-state index contributed by atoms with van der Waals surface area (Å²) in [6.07, 6.45) is 6.54. The molecule has 0 aliphatic heterocycles. The molecular weight excluding hydrogens is 158 g/mol. The van der Waals surface area contributed by atoms with Gasteiger partial charge in [0, 0.05) is 6.54 Å². The zero-order valence-electron chi connectivity index (χ0n) is 9.27. The fourth-order valence-electron chi connectivity index (χ4n) is 1.42. The van der Waals surface area contributed by atoms with Crippen LogP contribution in [-0.4, -0.2) is 13.1 Å². The number of hydrogen-bond donors (Lipinski definition) is 1. The van der Waals surface area contributed by atoms with Gasteiger partial charge in [-0.15, -0.1) is 0 Å². The Balaban J connectivity index is 2.15. The van der Waals surface area contributed by atoms with Gasteiger partial charge in [-0.2, -0.15) is 0 Å². The van der Waals surface area contributed by atoms with Gasteiger partial charge in [0.1, 0.15) is 0 Å². The van der Waals surface area contributed by atoms with Crippen LogP contribution < -0.4 is 5.32 Å². The molecule has 1 aliphatic rings. The van der Waals surface area contributed by atoms with Gasteiger partial charge in [0.25, 0.3) is 0 Å². The first-order valence-electron chi connectivity index (χ1n) is 5.62. The van der Waals surface area contributed by atoms with Gasteiger partial charge in [-0.25, -0.2) is 0 Å². The number of rotatable bonds is 6. The maximum Gasteiger partial charge on any atom is 0.0164 e. The Kier molecular flexibility index (Phi) is 4.51. The van der Waals surface area contributed by atoms with E-state index in [2.05, 4.69) is 32.2 Å². The van der Waals surface area contributed by atoms with Gasteiger partial charge in [-0.3, -0.25) is 0 Å². The highest BCUT2D eigenvalue weighted by atomic mass is 14.9. The molecule has 1 nitrogen and oxygen atoms in total. The molecule has 0 saturated heterocycles. The molecule has 0 atom stereocenters. The standard InChI is InChI=1S/C12H23N/c1-4-11(7-12-5-6-12)9-13-8-10(2)3/h7,10,12-13H,4-6,8-9H2,1-3H3. The zero-order chi connectivity index (χ0) is 9.68. The maximum atomic E-state index is 3.50. The topological polar surface area (TPSA) is 12.0 Å². The highest BCUT2D eigenvalue weighted by Gasteiger charge is 2.18. The van der Waals surface area contributed by atoms with Crippen LogP contribution in [0.3, 0.4) is 0 Å². The van der Waals surface area contributed by atoms with Crippen LogP contribution in [0, 0.1) is 11.8 Å². The molecule has 1 N–H and O–H groups in total. The van der Waals surface area contributed by atoms with E-state index >= 15 is 0 Å². The highest BCUT2D eigenvalue weighted by Crippen LogP contribution is 2.31. The quantitative estimate of drug-likeness (QED) is 0.621. The SMILES string of the molecule is CCC(=CC1CC1)CNCC(C)C. The molecule has 13 heavy (non-hydrogen) atoms. The third-order valence-corrected chi connectivity index (χ3v) is 2.45. The van der Waals surface area contributed by atoms with E-state index in [1.54, 1.807) is 5.57 Å². The molecule has 0 aromatic heterocycles. The van der Waals surface area contributed by atoms with Crippen molar-refractivity contribution < 1.29 is 0 Å². The van der Waals surface area contributed by atoms with E-state index in [-0.39, 0.29) is 0 Å². The Bertz CT molecular complexity index is 166. The van der Waals surface area contributed by atoms with Gasteiger partial charge in [0.2, 0.25) is 0 Å². The predicted octanol–water partition coefficient (Wildman–Crippen LogP) is 2.98. The molecule has 0 unspecified atom stereocenters. The van der Waals surface area contributed by atoms with Crippen molar-refractivity contribution in [2.24, 2.45) is 11.8 Å². The summed E-state index contributed by atoms with van der Waals surface area (Å²) < 4.78 is 0. The molecule has 0 bridgehead atoms. The minimum absolute atomic E-state index is 0.763. The largest absolute Gasteiger partial charge is 0.313 e. The molecular formula is C12H23N. The smallest absolute Gasteiger partial charge is 0.0164 e. The van der Waals surface area contributed by atoms with Crippen molar-refractivity contribution in [3.8, 4) is 0 Å². The average molecular weight is 181 g/mol. The van der Waals surface area contributed by atoms with E-state index in [1.807, 2.05) is 0 Å². The lowest BCUT2D eigenvalue weighted by Crippen LogP contribution is -2.22. The molecule has 1 saturated carbocycles. The van der Waals surface area contributed by atoms with Crippen LogP contribution in [0.4, 0.5) is 0 Å². The number of allylic oxidation sites excluding steroid dienone is 1. The highest BCUT2D eigenvalue weighted by molar-refractivity contribution is 5.09. The molecule has 1 aliphatic carbocycles. The number of nitrogens with one attached hydrogen (secondary N) is 1. The molecule has 0 spiro atoms. The summed E-state index contributed by atoms with van der Waals surface area (Å²) in [5.41, 5.74) is 1.60. The Hall–Kier alpha value is -0.300. The molecule has 1 heteroatoms. The molecule has 76 valence electrons. The van der Waals surface area contributed by atoms with Crippen molar-refractivity contribution >= 4 is 0 Å². The summed E-state index contributed by atoms with van der Waals surface area (Å²) in [6, 6.07) is 0. The second kappa shape index (κ2) is 5.43. The lowest BCUT2D eigenvalue weighted by atomic mass is 10.1. The van der Waals surface area contributed by atoms with Crippen LogP contribution in [0.15, 0.2) is 11.6 Å². The summed E-state index contributed by atoms with van der Waals surface area (Å²) in [4.78, 5) is 0. The van der Waals surface area contributed by atoms with Gasteiger partial charge in [0.15, 0.2) is 0 Å². The van der Waals surface area contributed by atoms with Gasteiger partial charge in [0.05, 0.1) is 0 Å². The second-order valence-corrected chi connectivity index (χ2v) is 4.54. The molecule has 0 heterocycles. The minimum atomic E-state index is 0.763. The Morgan fingerprint density at radius 3 is 2.62 bits per heavy atom. The lowest BCUT2D eigenvalue weighted by molar-refractivity contribution is 0.568. The first-order valence-corrected chi connectivity index (χ1v) is 5.62. The van der Waals surface area contributed by atoms with E-state index < -0.39 is 0 Å². The lowest BCUT2D eigenvalue weighted by Gasteiger charge is -2.09. The van der Waals surface area contributed by atoms with E-state index in [9.17, 15) is 0 Å². The van der Waals surface area contributed by atoms with E-state index in [0.29, 0.717) is 0 Å². The molecule has 0 aromatic rings. The summed E-state index contributed by atoms with van der Waals surface area (Å²) in [5.74, 6) is 1.69. The first-order chi connectivity index (χ1) is 6.22. The third kappa shape index (κ3) is 5.09. The summed E-state index contributed by atoms with van der Waals surface area (Å²) in [7, 11) is 0. The van der Waals surface area contributed by atoms with Crippen molar-refractivity contribution in [2.75, 3.05) is 13.1 Å². The molecule has 1 fully saturated rings. The van der Waals surface area contributed by atoms with Crippen LogP contribution >= 0.6 is 0 Å². The van der Waals surface area contributed by atoms with Crippen molar-refractivity contribution in [1.29, 1.82) is 0 Å². The monoisotopic (exact) mass is 181 g/mol. The molecule has 0 aromatic carbocycles. The fraction of sp³-hybridized carbons (Fsp3) is 0.833. The van der Waals surface area contributed by atoms with Gasteiger partial charge in [-0.05, 0) is 37.6 Å². The minimum Gasteiger partial charge on any atom is -0.313 e. The van der Waals surface area contributed by atoms with E-state index in [4.69, 9.17) is 0 Å². The van der Waals surface area contributed by atoms with Gasteiger partial charge >= 0.3 is 0 Å². The van der Waals surface area contributed by atoms with E-state index in [0.717, 1.165) is 24.9 Å². The van der Waals surface area contributed by atoms with Crippen molar-refractivity contribution in [3.05, 3.63) is 11.6 Å². The van der Waals surface area contributed by atoms with E-state index in [1.165, 1.54) is 19.3 Å². The second-order valence-electron chi connectivity index (χ2n) is 4.54. The zero-order valence-corrected chi connectivity index (χ0v) is 9.27. The van der Waals surface area contributed by atoms with Crippen molar-refractivity contribution in [2.45, 2.75) is 40.0 Å². The predicted molar refractivity (Wildman–Crippen MR) is 58.8 cm³/mol. The molecule has 1 rings (SSSR count). The van der Waals surface area contributed by atoms with Gasteiger partial charge in [-0.1, -0.05) is 32.4 Å². The van der Waals surface area contributed by atoms with Crippen LogP contribution in [0.5, 0.6) is 0 Å². The van der Waals surface area contributed by atoms with Crippen LogP contribution in [0.1, 0.15) is 40.0 Å². The molecule has 0 radical (unpaired) electrons.